The third-order valence-electron chi connectivity index (χ3n) is 5.11. The molecule has 33 heavy (non-hydrogen) atoms. The third-order valence-corrected chi connectivity index (χ3v) is 5.11. The summed E-state index contributed by atoms with van der Waals surface area (Å²) >= 11 is 0. The van der Waals surface area contributed by atoms with E-state index in [4.69, 9.17) is 14.8 Å². The van der Waals surface area contributed by atoms with Gasteiger partial charge < -0.3 is 19.9 Å². The monoisotopic (exact) mass is 442 g/mol. The summed E-state index contributed by atoms with van der Waals surface area (Å²) in [6.07, 6.45) is -0.0679. The van der Waals surface area contributed by atoms with Crippen LogP contribution in [0, 0.1) is 0 Å². The molecular weight excluding hydrogens is 420 g/mol. The second-order valence-electron chi connectivity index (χ2n) is 7.39. The van der Waals surface area contributed by atoms with Gasteiger partial charge in [-0.05, 0) is 36.8 Å². The van der Waals surface area contributed by atoms with Gasteiger partial charge in [-0.15, -0.1) is 0 Å². The van der Waals surface area contributed by atoms with Crippen molar-refractivity contribution in [2.45, 2.75) is 13.3 Å². The van der Waals surface area contributed by atoms with E-state index in [-0.39, 0.29) is 18.9 Å². The molecule has 0 fully saturated rings. The van der Waals surface area contributed by atoms with Crippen LogP contribution in [0.25, 0.3) is 10.9 Å². The van der Waals surface area contributed by atoms with Gasteiger partial charge >= 0.3 is 11.9 Å². The highest BCUT2D eigenvalue weighted by molar-refractivity contribution is 6.22. The molecule has 0 unspecified atom stereocenters. The number of carbonyl (C=O) groups is 2. The van der Waals surface area contributed by atoms with E-state index < -0.39 is 11.9 Å². The van der Waals surface area contributed by atoms with E-state index in [1.54, 1.807) is 49.4 Å². The third kappa shape index (κ3) is 4.77. The molecule has 3 aromatic carbocycles. The topological polar surface area (TPSA) is 112 Å². The fourth-order valence-corrected chi connectivity index (χ4v) is 3.62. The van der Waals surface area contributed by atoms with Gasteiger partial charge in [0.05, 0.1) is 35.6 Å². The first-order valence-corrected chi connectivity index (χ1v) is 10.4. The number of hydrogen-bond acceptors (Lipinski definition) is 5. The molecule has 7 heteroatoms. The number of carbonyl (C=O) groups excluding carboxylic acids is 1. The molecule has 0 radical (unpaired) electrons. The fraction of sp³-hybridized carbons (Fsp3) is 0.115. The second kappa shape index (κ2) is 9.40. The molecule has 166 valence electrons. The molecule has 0 saturated carbocycles. The van der Waals surface area contributed by atoms with E-state index in [1.165, 1.54) is 0 Å². The summed E-state index contributed by atoms with van der Waals surface area (Å²) in [6, 6.07) is 21.4. The van der Waals surface area contributed by atoms with E-state index in [9.17, 15) is 14.7 Å². The molecule has 0 saturated heterocycles. The Balaban J connectivity index is 1.83. The molecule has 0 amide bonds. The largest absolute Gasteiger partial charge is 0.494 e. The van der Waals surface area contributed by atoms with E-state index in [0.29, 0.717) is 39.0 Å². The number of rotatable bonds is 7. The number of benzene rings is 3. The number of H-pyrrole nitrogens is 1. The summed E-state index contributed by atoms with van der Waals surface area (Å²) in [7, 11) is 0. The van der Waals surface area contributed by atoms with Crippen LogP contribution in [0.4, 0.5) is 5.69 Å². The Kier molecular flexibility index (Phi) is 6.22. The average Bonchev–Trinajstić information content (AvgIpc) is 3.13. The van der Waals surface area contributed by atoms with Crippen LogP contribution in [0.1, 0.15) is 34.0 Å². The summed E-state index contributed by atoms with van der Waals surface area (Å²) in [5, 5.41) is 20.5. The van der Waals surface area contributed by atoms with Gasteiger partial charge in [0.1, 0.15) is 0 Å². The van der Waals surface area contributed by atoms with Crippen molar-refractivity contribution in [3.05, 3.63) is 95.1 Å². The zero-order valence-corrected chi connectivity index (χ0v) is 17.9. The Morgan fingerprint density at radius 3 is 2.36 bits per heavy atom. The minimum atomic E-state index is -0.901. The summed E-state index contributed by atoms with van der Waals surface area (Å²) < 4.78 is 5.07. The Bertz CT molecular complexity index is 1340. The molecule has 0 aliphatic rings. The van der Waals surface area contributed by atoms with Crippen molar-refractivity contribution in [1.82, 2.24) is 4.98 Å². The Morgan fingerprint density at radius 2 is 1.70 bits per heavy atom. The van der Waals surface area contributed by atoms with Gasteiger partial charge in [-0.3, -0.25) is 4.79 Å². The van der Waals surface area contributed by atoms with Gasteiger partial charge in [0, 0.05) is 16.5 Å². The SMILES string of the molecule is CCOC(=O)c1ccc2c(C(=Nc3ccc(CC(=O)O)cc3)c3ccccc3)c(O)[nH]c2c1. The predicted molar refractivity (Wildman–Crippen MR) is 125 cm³/mol. The Labute approximate surface area is 190 Å². The van der Waals surface area contributed by atoms with Gasteiger partial charge in [-0.25, -0.2) is 9.79 Å². The quantitative estimate of drug-likeness (QED) is 0.280. The molecule has 0 atom stereocenters. The normalized spacial score (nSPS) is 11.5. The van der Waals surface area contributed by atoms with Crippen molar-refractivity contribution in [2.24, 2.45) is 4.99 Å². The number of aliphatic imine (C=N–C) groups is 1. The highest BCUT2D eigenvalue weighted by Crippen LogP contribution is 2.32. The molecule has 7 nitrogen and oxygen atoms in total. The maximum Gasteiger partial charge on any atom is 0.338 e. The standard InChI is InChI=1S/C26H22N2O5/c1-2-33-26(32)18-10-13-20-21(15-18)28-25(31)23(20)24(17-6-4-3-5-7-17)27-19-11-8-16(9-12-19)14-22(29)30/h3-13,15,28,31H,2,14H2,1H3,(H,29,30). The van der Waals surface area contributed by atoms with Gasteiger partial charge in [-0.1, -0.05) is 48.5 Å². The lowest BCUT2D eigenvalue weighted by Gasteiger charge is -2.08. The number of fused-ring (bicyclic) bond motifs is 1. The lowest BCUT2D eigenvalue weighted by molar-refractivity contribution is -0.136. The molecule has 0 aliphatic heterocycles. The van der Waals surface area contributed by atoms with Gasteiger partial charge in [0.15, 0.2) is 5.88 Å². The van der Waals surface area contributed by atoms with E-state index in [2.05, 4.69) is 4.98 Å². The molecule has 0 bridgehead atoms. The summed E-state index contributed by atoms with van der Waals surface area (Å²) in [5.41, 5.74) is 4.06. The number of aliphatic carboxylic acids is 1. The smallest absolute Gasteiger partial charge is 0.338 e. The number of nitrogens with one attached hydrogen (secondary N) is 1. The maximum absolute atomic E-state index is 12.1. The van der Waals surface area contributed by atoms with Crippen LogP contribution in [0.5, 0.6) is 5.88 Å². The molecule has 1 heterocycles. The number of nitrogens with zero attached hydrogens (tertiary/aromatic N) is 1. The fourth-order valence-electron chi connectivity index (χ4n) is 3.62. The Morgan fingerprint density at radius 1 is 0.970 bits per heavy atom. The van der Waals surface area contributed by atoms with E-state index in [0.717, 1.165) is 5.56 Å². The number of ether oxygens (including phenoxy) is 1. The highest BCUT2D eigenvalue weighted by atomic mass is 16.5. The second-order valence-corrected chi connectivity index (χ2v) is 7.39. The number of carboxylic acid groups (broad SMARTS) is 1. The highest BCUT2D eigenvalue weighted by Gasteiger charge is 2.20. The number of aromatic nitrogens is 1. The molecule has 3 N–H and O–H groups in total. The van der Waals surface area contributed by atoms with Crippen molar-refractivity contribution in [3.8, 4) is 5.88 Å². The number of carboxylic acids is 1. The number of aromatic amines is 1. The van der Waals surface area contributed by atoms with Crippen LogP contribution in [0.2, 0.25) is 0 Å². The molecule has 4 aromatic rings. The van der Waals surface area contributed by atoms with Crippen LogP contribution in [-0.4, -0.2) is 39.5 Å². The van der Waals surface area contributed by atoms with Crippen molar-refractivity contribution >= 4 is 34.2 Å². The van der Waals surface area contributed by atoms with Crippen LogP contribution >= 0.6 is 0 Å². The van der Waals surface area contributed by atoms with Crippen LogP contribution < -0.4 is 0 Å². The van der Waals surface area contributed by atoms with Crippen LogP contribution in [0.15, 0.2) is 77.8 Å². The van der Waals surface area contributed by atoms with E-state index in [1.807, 2.05) is 30.3 Å². The van der Waals surface area contributed by atoms with Crippen LogP contribution in [-0.2, 0) is 16.0 Å². The first-order valence-electron chi connectivity index (χ1n) is 10.4. The zero-order valence-electron chi connectivity index (χ0n) is 17.9. The molecular formula is C26H22N2O5. The van der Waals surface area contributed by atoms with Crippen LogP contribution in [0.3, 0.4) is 0 Å². The summed E-state index contributed by atoms with van der Waals surface area (Å²) in [6.45, 7) is 2.01. The Hall–Kier alpha value is -4.39. The lowest BCUT2D eigenvalue weighted by atomic mass is 10.00. The molecule has 4 rings (SSSR count). The summed E-state index contributed by atoms with van der Waals surface area (Å²) in [5.74, 6) is -1.41. The average molecular weight is 442 g/mol. The number of aromatic hydroxyl groups is 1. The van der Waals surface area contributed by atoms with Crippen molar-refractivity contribution < 1.29 is 24.5 Å². The van der Waals surface area contributed by atoms with Crippen molar-refractivity contribution in [2.75, 3.05) is 6.61 Å². The van der Waals surface area contributed by atoms with E-state index >= 15 is 0 Å². The lowest BCUT2D eigenvalue weighted by Crippen LogP contribution is -2.05. The number of hydrogen-bond donors (Lipinski definition) is 3. The zero-order chi connectivity index (χ0) is 23.4. The maximum atomic E-state index is 12.1. The number of esters is 1. The van der Waals surface area contributed by atoms with Crippen molar-refractivity contribution in [3.63, 3.8) is 0 Å². The minimum absolute atomic E-state index is 0.0679. The molecule has 0 spiro atoms. The predicted octanol–water partition coefficient (Wildman–Crippen LogP) is 4.85. The minimum Gasteiger partial charge on any atom is -0.494 e. The first-order chi connectivity index (χ1) is 16.0. The van der Waals surface area contributed by atoms with Gasteiger partial charge in [0.2, 0.25) is 0 Å². The first kappa shape index (κ1) is 21.8. The van der Waals surface area contributed by atoms with Crippen molar-refractivity contribution in [1.29, 1.82) is 0 Å². The molecule has 0 aliphatic carbocycles. The van der Waals surface area contributed by atoms with Gasteiger partial charge in [-0.2, -0.15) is 0 Å². The molecule has 1 aromatic heterocycles. The van der Waals surface area contributed by atoms with Gasteiger partial charge in [0.25, 0.3) is 0 Å². The summed E-state index contributed by atoms with van der Waals surface area (Å²) in [4.78, 5) is 30.8.